The molecule has 0 aliphatic rings. The largest absolute Gasteiger partial charge is 0.309 e. The van der Waals surface area contributed by atoms with Crippen LogP contribution >= 0.6 is 0 Å². The molecule has 8 aromatic carbocycles. The summed E-state index contributed by atoms with van der Waals surface area (Å²) in [5.41, 5.74) is 14.3. The molecular formula is C48H36N2. The molecule has 0 unspecified atom stereocenters. The van der Waals surface area contributed by atoms with Crippen molar-refractivity contribution in [2.24, 2.45) is 0 Å². The van der Waals surface area contributed by atoms with Gasteiger partial charge in [0, 0.05) is 33.1 Å². The quantitative estimate of drug-likeness (QED) is 0.176. The molecule has 0 aliphatic carbocycles. The minimum Gasteiger partial charge on any atom is -0.309 e. The molecule has 0 spiro atoms. The Morgan fingerprint density at radius 2 is 0.960 bits per heavy atom. The lowest BCUT2D eigenvalue weighted by molar-refractivity contribution is 1.17. The molecule has 0 N–H and O–H groups in total. The Balaban J connectivity index is 1.39. The van der Waals surface area contributed by atoms with Gasteiger partial charge in [0.1, 0.15) is 0 Å². The molecule has 1 aromatic heterocycles. The molecule has 0 atom stereocenters. The van der Waals surface area contributed by atoms with Gasteiger partial charge in [0.05, 0.1) is 22.4 Å². The monoisotopic (exact) mass is 640 g/mol. The second-order valence-corrected chi connectivity index (χ2v) is 13.1. The standard InChI is InChI=1S/C48H36N2/c1-33-30-43-45(31-34(33)2)50(38-20-10-5-11-21-38)47-32-46(41-23-12-13-24-42(41)48(43)47)49(39-28-26-36(27-29-39)35-16-6-3-7-17-35)44-25-15-14-22-40(44)37-18-8-4-9-19-37/h3-32H,1-2H3. The average molecular weight is 641 g/mol. The normalized spacial score (nSPS) is 11.4. The van der Waals surface area contributed by atoms with Crippen molar-refractivity contribution in [3.05, 3.63) is 193 Å². The first kappa shape index (κ1) is 29.7. The lowest BCUT2D eigenvalue weighted by Gasteiger charge is -2.29. The molecule has 0 saturated heterocycles. The van der Waals surface area contributed by atoms with Gasteiger partial charge in [0.25, 0.3) is 0 Å². The van der Waals surface area contributed by atoms with Gasteiger partial charge in [-0.3, -0.25) is 0 Å². The minimum atomic E-state index is 1.10. The number of para-hydroxylation sites is 2. The highest BCUT2D eigenvalue weighted by Crippen LogP contribution is 2.48. The van der Waals surface area contributed by atoms with Crippen LogP contribution in [0.4, 0.5) is 17.1 Å². The molecule has 0 bridgehead atoms. The van der Waals surface area contributed by atoms with Gasteiger partial charge in [-0.25, -0.2) is 0 Å². The summed E-state index contributed by atoms with van der Waals surface area (Å²) in [6, 6.07) is 66.0. The Morgan fingerprint density at radius 1 is 0.400 bits per heavy atom. The summed E-state index contributed by atoms with van der Waals surface area (Å²) in [5.74, 6) is 0. The van der Waals surface area contributed by atoms with Gasteiger partial charge in [-0.05, 0) is 95.6 Å². The highest BCUT2D eigenvalue weighted by Gasteiger charge is 2.24. The summed E-state index contributed by atoms with van der Waals surface area (Å²) in [6.07, 6.45) is 0. The summed E-state index contributed by atoms with van der Waals surface area (Å²) < 4.78 is 2.45. The van der Waals surface area contributed by atoms with Crippen LogP contribution in [0.25, 0.3) is 60.5 Å². The first-order valence-electron chi connectivity index (χ1n) is 17.3. The number of aromatic nitrogens is 1. The molecule has 0 fully saturated rings. The third kappa shape index (κ3) is 4.96. The number of benzene rings is 8. The number of fused-ring (bicyclic) bond motifs is 5. The van der Waals surface area contributed by atoms with E-state index in [0.717, 1.165) is 22.7 Å². The Kier molecular flexibility index (Phi) is 7.29. The minimum absolute atomic E-state index is 1.10. The number of anilines is 3. The predicted octanol–water partition coefficient (Wildman–Crippen LogP) is 13.4. The van der Waals surface area contributed by atoms with Crippen LogP contribution in [0.2, 0.25) is 0 Å². The van der Waals surface area contributed by atoms with E-state index in [2.05, 4.69) is 205 Å². The maximum atomic E-state index is 2.46. The number of aryl methyl sites for hydroxylation is 2. The topological polar surface area (TPSA) is 8.17 Å². The Labute approximate surface area is 293 Å². The van der Waals surface area contributed by atoms with Crippen LogP contribution in [-0.2, 0) is 0 Å². The van der Waals surface area contributed by atoms with Gasteiger partial charge in [-0.2, -0.15) is 0 Å². The first-order chi connectivity index (χ1) is 24.7. The van der Waals surface area contributed by atoms with Crippen LogP contribution in [-0.4, -0.2) is 4.57 Å². The van der Waals surface area contributed by atoms with E-state index in [9.17, 15) is 0 Å². The van der Waals surface area contributed by atoms with Gasteiger partial charge in [0.2, 0.25) is 0 Å². The zero-order chi connectivity index (χ0) is 33.6. The lowest BCUT2D eigenvalue weighted by atomic mass is 9.97. The van der Waals surface area contributed by atoms with E-state index in [0.29, 0.717) is 0 Å². The second kappa shape index (κ2) is 12.3. The average Bonchev–Trinajstić information content (AvgIpc) is 3.49. The highest BCUT2D eigenvalue weighted by atomic mass is 15.1. The van der Waals surface area contributed by atoms with E-state index < -0.39 is 0 Å². The summed E-state index contributed by atoms with van der Waals surface area (Å²) in [6.45, 7) is 4.44. The number of nitrogens with zero attached hydrogens (tertiary/aromatic N) is 2. The van der Waals surface area contributed by atoms with Crippen molar-refractivity contribution in [3.8, 4) is 27.9 Å². The van der Waals surface area contributed by atoms with Gasteiger partial charge in [-0.1, -0.05) is 133 Å². The summed E-state index contributed by atoms with van der Waals surface area (Å²) in [4.78, 5) is 2.46. The molecule has 238 valence electrons. The molecule has 9 aromatic rings. The van der Waals surface area contributed by atoms with Crippen LogP contribution in [0.3, 0.4) is 0 Å². The van der Waals surface area contributed by atoms with E-state index >= 15 is 0 Å². The van der Waals surface area contributed by atoms with Crippen LogP contribution in [0.15, 0.2) is 182 Å². The second-order valence-electron chi connectivity index (χ2n) is 13.1. The molecule has 2 nitrogen and oxygen atoms in total. The molecule has 0 aliphatic heterocycles. The smallest absolute Gasteiger partial charge is 0.0568 e. The fraction of sp³-hybridized carbons (Fsp3) is 0.0417. The van der Waals surface area contributed by atoms with Gasteiger partial charge in [0.15, 0.2) is 0 Å². The molecule has 0 saturated carbocycles. The molecule has 0 radical (unpaired) electrons. The van der Waals surface area contributed by atoms with Crippen LogP contribution in [0, 0.1) is 13.8 Å². The molecule has 9 rings (SSSR count). The molecule has 2 heteroatoms. The van der Waals surface area contributed by atoms with Crippen molar-refractivity contribution in [2.45, 2.75) is 13.8 Å². The van der Waals surface area contributed by atoms with E-state index in [4.69, 9.17) is 0 Å². The zero-order valence-corrected chi connectivity index (χ0v) is 28.2. The summed E-state index contributed by atoms with van der Waals surface area (Å²) in [7, 11) is 0. The van der Waals surface area contributed by atoms with E-state index in [1.807, 2.05) is 0 Å². The number of hydrogen-bond acceptors (Lipinski definition) is 1. The van der Waals surface area contributed by atoms with Gasteiger partial charge < -0.3 is 9.47 Å². The van der Waals surface area contributed by atoms with Crippen LogP contribution < -0.4 is 4.90 Å². The van der Waals surface area contributed by atoms with Crippen molar-refractivity contribution in [1.82, 2.24) is 4.57 Å². The fourth-order valence-corrected chi connectivity index (χ4v) is 7.53. The zero-order valence-electron chi connectivity index (χ0n) is 28.2. The van der Waals surface area contributed by atoms with E-state index in [1.54, 1.807) is 0 Å². The Bertz CT molecular complexity index is 2640. The lowest BCUT2D eigenvalue weighted by Crippen LogP contribution is -2.12. The van der Waals surface area contributed by atoms with Crippen molar-refractivity contribution in [1.29, 1.82) is 0 Å². The molecule has 0 amide bonds. The van der Waals surface area contributed by atoms with Crippen molar-refractivity contribution in [2.75, 3.05) is 4.90 Å². The third-order valence-corrected chi connectivity index (χ3v) is 10.1. The van der Waals surface area contributed by atoms with Crippen LogP contribution in [0.5, 0.6) is 0 Å². The molecular weight excluding hydrogens is 605 g/mol. The number of hydrogen-bond donors (Lipinski definition) is 0. The SMILES string of the molecule is Cc1cc2c3c4ccccc4c(N(c4ccc(-c5ccccc5)cc4)c4ccccc4-c4ccccc4)cc3n(-c3ccccc3)c2cc1C. The molecule has 50 heavy (non-hydrogen) atoms. The molecule has 1 heterocycles. The summed E-state index contributed by atoms with van der Waals surface area (Å²) >= 11 is 0. The van der Waals surface area contributed by atoms with E-state index in [1.165, 1.54) is 66.0 Å². The third-order valence-electron chi connectivity index (χ3n) is 10.1. The Hall–Kier alpha value is -6.38. The highest BCUT2D eigenvalue weighted by molar-refractivity contribution is 6.25. The fourth-order valence-electron chi connectivity index (χ4n) is 7.53. The summed E-state index contributed by atoms with van der Waals surface area (Å²) in [5, 5.41) is 5.01. The van der Waals surface area contributed by atoms with Crippen molar-refractivity contribution >= 4 is 49.6 Å². The van der Waals surface area contributed by atoms with Crippen molar-refractivity contribution in [3.63, 3.8) is 0 Å². The van der Waals surface area contributed by atoms with Gasteiger partial charge >= 0.3 is 0 Å². The predicted molar refractivity (Wildman–Crippen MR) is 213 cm³/mol. The Morgan fingerprint density at radius 3 is 1.68 bits per heavy atom. The van der Waals surface area contributed by atoms with Crippen molar-refractivity contribution < 1.29 is 0 Å². The van der Waals surface area contributed by atoms with Gasteiger partial charge in [-0.15, -0.1) is 0 Å². The maximum Gasteiger partial charge on any atom is 0.0568 e. The maximum absolute atomic E-state index is 2.46. The van der Waals surface area contributed by atoms with E-state index in [-0.39, 0.29) is 0 Å². The van der Waals surface area contributed by atoms with Crippen LogP contribution in [0.1, 0.15) is 11.1 Å². The number of rotatable bonds is 6. The first-order valence-corrected chi connectivity index (χ1v) is 17.3.